The minimum atomic E-state index is 0.546. The third-order valence-electron chi connectivity index (χ3n) is 4.73. The van der Waals surface area contributed by atoms with Crippen molar-refractivity contribution in [2.24, 2.45) is 5.92 Å². The molecule has 2 nitrogen and oxygen atoms in total. The molecule has 1 heterocycles. The highest BCUT2D eigenvalue weighted by atomic mass is 79.9. The molecule has 3 rings (SSSR count). The van der Waals surface area contributed by atoms with Gasteiger partial charge in [-0.3, -0.25) is 4.90 Å². The quantitative estimate of drug-likeness (QED) is 0.897. The normalized spacial score (nSPS) is 27.8. The van der Waals surface area contributed by atoms with Crippen LogP contribution < -0.4 is 5.32 Å². The maximum absolute atomic E-state index is 3.78. The van der Waals surface area contributed by atoms with Crippen LogP contribution in [0.15, 0.2) is 22.7 Å². The Labute approximate surface area is 131 Å². The van der Waals surface area contributed by atoms with Crippen LogP contribution >= 0.6 is 15.9 Å². The molecule has 0 aromatic heterocycles. The predicted octanol–water partition coefficient (Wildman–Crippen LogP) is 3.89. The van der Waals surface area contributed by atoms with Crippen LogP contribution in [0.5, 0.6) is 0 Å². The molecule has 0 bridgehead atoms. The van der Waals surface area contributed by atoms with E-state index in [-0.39, 0.29) is 0 Å². The summed E-state index contributed by atoms with van der Waals surface area (Å²) in [6.45, 7) is 4.54. The van der Waals surface area contributed by atoms with Crippen LogP contribution in [-0.4, -0.2) is 31.1 Å². The summed E-state index contributed by atoms with van der Waals surface area (Å²) in [6.07, 6.45) is 5.42. The van der Waals surface area contributed by atoms with Crippen molar-refractivity contribution in [3.63, 3.8) is 0 Å². The standard InChI is InChI=1S/C17H25BrN2/c1-12-5-8-15(16(18)10-12)17-13(4-3-9-20(17)2)11-19-14-6-7-14/h5,8,10,13-14,17,19H,3-4,6-7,9,11H2,1-2H3. The van der Waals surface area contributed by atoms with Crippen LogP contribution in [0.1, 0.15) is 42.9 Å². The summed E-state index contributed by atoms with van der Waals surface area (Å²) >= 11 is 3.78. The first-order valence-electron chi connectivity index (χ1n) is 7.85. The third kappa shape index (κ3) is 3.26. The number of likely N-dealkylation sites (tertiary alicyclic amines) is 1. The Hall–Kier alpha value is -0.380. The first-order chi connectivity index (χ1) is 9.65. The van der Waals surface area contributed by atoms with E-state index in [0.717, 1.165) is 12.0 Å². The van der Waals surface area contributed by atoms with Crippen molar-refractivity contribution < 1.29 is 0 Å². The third-order valence-corrected chi connectivity index (χ3v) is 5.41. The van der Waals surface area contributed by atoms with Crippen LogP contribution in [0.25, 0.3) is 0 Å². The minimum absolute atomic E-state index is 0.546. The molecular formula is C17H25BrN2. The molecule has 1 aliphatic heterocycles. The largest absolute Gasteiger partial charge is 0.314 e. The topological polar surface area (TPSA) is 15.3 Å². The Morgan fingerprint density at radius 1 is 1.30 bits per heavy atom. The maximum Gasteiger partial charge on any atom is 0.0396 e. The van der Waals surface area contributed by atoms with Crippen LogP contribution in [0.2, 0.25) is 0 Å². The number of nitrogens with one attached hydrogen (secondary N) is 1. The highest BCUT2D eigenvalue weighted by Gasteiger charge is 2.32. The predicted molar refractivity (Wildman–Crippen MR) is 88.0 cm³/mol. The number of halogens is 1. The van der Waals surface area contributed by atoms with Gasteiger partial charge in [0.05, 0.1) is 0 Å². The average molecular weight is 337 g/mol. The van der Waals surface area contributed by atoms with Gasteiger partial charge in [-0.1, -0.05) is 28.1 Å². The summed E-state index contributed by atoms with van der Waals surface area (Å²) in [4.78, 5) is 2.54. The van der Waals surface area contributed by atoms with Gasteiger partial charge in [-0.15, -0.1) is 0 Å². The van der Waals surface area contributed by atoms with Crippen LogP contribution in [0, 0.1) is 12.8 Å². The number of benzene rings is 1. The molecule has 1 saturated carbocycles. The van der Waals surface area contributed by atoms with Gasteiger partial charge < -0.3 is 5.32 Å². The van der Waals surface area contributed by atoms with Gasteiger partial charge in [0.2, 0.25) is 0 Å². The van der Waals surface area contributed by atoms with E-state index in [9.17, 15) is 0 Å². The maximum atomic E-state index is 3.78. The van der Waals surface area contributed by atoms with Crippen LogP contribution in [0.3, 0.4) is 0 Å². The first kappa shape index (κ1) is 14.6. The molecule has 0 spiro atoms. The van der Waals surface area contributed by atoms with E-state index in [1.165, 1.54) is 54.4 Å². The lowest BCUT2D eigenvalue weighted by molar-refractivity contribution is 0.119. The van der Waals surface area contributed by atoms with Crippen LogP contribution in [-0.2, 0) is 0 Å². The molecule has 2 aliphatic rings. The second-order valence-corrected chi connectivity index (χ2v) is 7.39. The smallest absolute Gasteiger partial charge is 0.0396 e. The fourth-order valence-corrected chi connectivity index (χ4v) is 4.17. The van der Waals surface area contributed by atoms with Crippen molar-refractivity contribution in [3.05, 3.63) is 33.8 Å². The SMILES string of the molecule is Cc1ccc(C2C(CNC3CC3)CCCN2C)c(Br)c1. The Balaban J connectivity index is 1.80. The van der Waals surface area contributed by atoms with Gasteiger partial charge in [0.1, 0.15) is 0 Å². The molecule has 2 fully saturated rings. The molecule has 1 saturated heterocycles. The molecule has 2 atom stereocenters. The van der Waals surface area contributed by atoms with Gasteiger partial charge >= 0.3 is 0 Å². The number of hydrogen-bond donors (Lipinski definition) is 1. The van der Waals surface area contributed by atoms with E-state index in [0.29, 0.717) is 6.04 Å². The molecule has 1 aromatic rings. The Morgan fingerprint density at radius 2 is 2.10 bits per heavy atom. The Bertz CT molecular complexity index is 470. The van der Waals surface area contributed by atoms with Gasteiger partial charge in [-0.2, -0.15) is 0 Å². The lowest BCUT2D eigenvalue weighted by Gasteiger charge is -2.40. The van der Waals surface area contributed by atoms with Crippen LogP contribution in [0.4, 0.5) is 0 Å². The van der Waals surface area contributed by atoms with Gasteiger partial charge in [-0.25, -0.2) is 0 Å². The summed E-state index contributed by atoms with van der Waals surface area (Å²) < 4.78 is 1.27. The summed E-state index contributed by atoms with van der Waals surface area (Å²) in [5.41, 5.74) is 2.78. The van der Waals surface area contributed by atoms with Gasteiger partial charge in [0.25, 0.3) is 0 Å². The number of hydrogen-bond acceptors (Lipinski definition) is 2. The number of rotatable bonds is 4. The molecule has 1 aliphatic carbocycles. The second-order valence-electron chi connectivity index (χ2n) is 6.54. The first-order valence-corrected chi connectivity index (χ1v) is 8.64. The Morgan fingerprint density at radius 3 is 2.80 bits per heavy atom. The highest BCUT2D eigenvalue weighted by molar-refractivity contribution is 9.10. The van der Waals surface area contributed by atoms with E-state index in [4.69, 9.17) is 0 Å². The van der Waals surface area contributed by atoms with Crippen molar-refractivity contribution in [2.75, 3.05) is 20.1 Å². The van der Waals surface area contributed by atoms with Gasteiger partial charge in [-0.05, 0) is 69.3 Å². The molecule has 0 amide bonds. The van der Waals surface area contributed by atoms with Gasteiger partial charge in [0, 0.05) is 23.1 Å². The molecule has 20 heavy (non-hydrogen) atoms. The molecule has 1 aromatic carbocycles. The zero-order chi connectivity index (χ0) is 14.1. The summed E-state index contributed by atoms with van der Waals surface area (Å²) in [6, 6.07) is 8.17. The molecular weight excluding hydrogens is 312 g/mol. The summed E-state index contributed by atoms with van der Waals surface area (Å²) in [5.74, 6) is 0.730. The molecule has 2 unspecified atom stereocenters. The average Bonchev–Trinajstić information content (AvgIpc) is 3.22. The van der Waals surface area contributed by atoms with Crippen molar-refractivity contribution in [3.8, 4) is 0 Å². The van der Waals surface area contributed by atoms with E-state index in [1.807, 2.05) is 0 Å². The van der Waals surface area contributed by atoms with E-state index < -0.39 is 0 Å². The lowest BCUT2D eigenvalue weighted by atomic mass is 9.84. The van der Waals surface area contributed by atoms with E-state index >= 15 is 0 Å². The number of piperidine rings is 1. The molecule has 3 heteroatoms. The van der Waals surface area contributed by atoms with Crippen molar-refractivity contribution in [2.45, 2.75) is 44.7 Å². The molecule has 1 N–H and O–H groups in total. The highest BCUT2D eigenvalue weighted by Crippen LogP contribution is 2.38. The fourth-order valence-electron chi connectivity index (χ4n) is 3.44. The second kappa shape index (κ2) is 6.17. The summed E-state index contributed by atoms with van der Waals surface area (Å²) in [7, 11) is 2.28. The zero-order valence-corrected chi connectivity index (χ0v) is 14.1. The molecule has 0 radical (unpaired) electrons. The van der Waals surface area contributed by atoms with Crippen molar-refractivity contribution in [1.82, 2.24) is 10.2 Å². The van der Waals surface area contributed by atoms with E-state index in [2.05, 4.69) is 58.3 Å². The van der Waals surface area contributed by atoms with Crippen molar-refractivity contribution >= 4 is 15.9 Å². The van der Waals surface area contributed by atoms with Crippen molar-refractivity contribution in [1.29, 1.82) is 0 Å². The van der Waals surface area contributed by atoms with E-state index in [1.54, 1.807) is 0 Å². The van der Waals surface area contributed by atoms with Gasteiger partial charge in [0.15, 0.2) is 0 Å². The monoisotopic (exact) mass is 336 g/mol. The summed E-state index contributed by atoms with van der Waals surface area (Å²) in [5, 5.41) is 3.74. The number of aryl methyl sites for hydroxylation is 1. The minimum Gasteiger partial charge on any atom is -0.314 e. The molecule has 110 valence electrons. The fraction of sp³-hybridized carbons (Fsp3) is 0.647. The zero-order valence-electron chi connectivity index (χ0n) is 12.5. The lowest BCUT2D eigenvalue weighted by Crippen LogP contribution is -2.41. The Kier molecular flexibility index (Phi) is 4.49. The number of nitrogens with zero attached hydrogens (tertiary/aromatic N) is 1.